The molecule has 1 unspecified atom stereocenters. The number of carbonyl (C=O) groups is 1. The van der Waals surface area contributed by atoms with Crippen LogP contribution in [0.4, 0.5) is 0 Å². The second kappa shape index (κ2) is 6.74. The van der Waals surface area contributed by atoms with E-state index in [-0.39, 0.29) is 18.3 Å². The van der Waals surface area contributed by atoms with E-state index in [2.05, 4.69) is 0 Å². The lowest BCUT2D eigenvalue weighted by Crippen LogP contribution is -2.34. The number of nitrogens with zero attached hydrogens (tertiary/aromatic N) is 1. The normalized spacial score (nSPS) is 18.9. The van der Waals surface area contributed by atoms with Gasteiger partial charge in [-0.15, -0.1) is 0 Å². The van der Waals surface area contributed by atoms with Gasteiger partial charge in [-0.2, -0.15) is 5.26 Å². The van der Waals surface area contributed by atoms with Gasteiger partial charge in [0.05, 0.1) is 11.8 Å². The smallest absolute Gasteiger partial charge is 0.324 e. The van der Waals surface area contributed by atoms with Crippen molar-refractivity contribution in [3.63, 3.8) is 0 Å². The average Bonchev–Trinajstić information content (AvgIpc) is 2.36. The molecule has 0 bridgehead atoms. The number of ether oxygens (including phenoxy) is 1. The molecule has 5 nitrogen and oxygen atoms in total. The number of nitriles is 1. The van der Waals surface area contributed by atoms with Crippen molar-refractivity contribution in [2.24, 2.45) is 0 Å². The third-order valence-corrected chi connectivity index (χ3v) is 5.25. The van der Waals surface area contributed by atoms with Crippen LogP contribution in [0.25, 0.3) is 0 Å². The molecular weight excluding hydrogens is 254 g/mol. The third-order valence-electron chi connectivity index (χ3n) is 3.20. The van der Waals surface area contributed by atoms with Gasteiger partial charge in [-0.25, -0.2) is 8.42 Å². The number of esters is 1. The molecule has 18 heavy (non-hydrogen) atoms. The van der Waals surface area contributed by atoms with E-state index < -0.39 is 21.1 Å². The summed E-state index contributed by atoms with van der Waals surface area (Å²) >= 11 is 0. The Hall–Kier alpha value is -1.09. The van der Waals surface area contributed by atoms with E-state index in [9.17, 15) is 13.2 Å². The summed E-state index contributed by atoms with van der Waals surface area (Å²) in [5.74, 6) is -0.968. The number of hydrogen-bond acceptors (Lipinski definition) is 5. The maximum atomic E-state index is 11.7. The monoisotopic (exact) mass is 273 g/mol. The van der Waals surface area contributed by atoms with Crippen LogP contribution in [0.2, 0.25) is 0 Å². The molecule has 0 heterocycles. The van der Waals surface area contributed by atoms with Crippen LogP contribution in [-0.4, -0.2) is 31.5 Å². The molecular formula is C12H19NO4S. The Balaban J connectivity index is 2.52. The van der Waals surface area contributed by atoms with Gasteiger partial charge in [-0.3, -0.25) is 4.79 Å². The topological polar surface area (TPSA) is 84.2 Å². The van der Waals surface area contributed by atoms with Crippen LogP contribution in [0, 0.1) is 11.3 Å². The fourth-order valence-corrected chi connectivity index (χ4v) is 3.03. The number of rotatable bonds is 5. The molecule has 1 fully saturated rings. The molecule has 1 aliphatic carbocycles. The first kappa shape index (κ1) is 15.0. The van der Waals surface area contributed by atoms with E-state index in [0.29, 0.717) is 0 Å². The first-order valence-electron chi connectivity index (χ1n) is 6.26. The molecule has 0 amide bonds. The first-order chi connectivity index (χ1) is 8.47. The first-order valence-corrected chi connectivity index (χ1v) is 7.98. The summed E-state index contributed by atoms with van der Waals surface area (Å²) in [6.45, 7) is 1.33. The standard InChI is InChI=1S/C12H19NO4S/c1-10(18(15,16)9-5-8-13)12(14)17-11-6-3-2-4-7-11/h10-11H,2-7,9H2,1H3. The Morgan fingerprint density at radius 1 is 1.39 bits per heavy atom. The van der Waals surface area contributed by atoms with E-state index in [0.717, 1.165) is 32.1 Å². The van der Waals surface area contributed by atoms with E-state index >= 15 is 0 Å². The lowest BCUT2D eigenvalue weighted by atomic mass is 9.98. The Morgan fingerprint density at radius 2 is 2.00 bits per heavy atom. The van der Waals surface area contributed by atoms with Crippen molar-refractivity contribution in [3.8, 4) is 6.07 Å². The number of carbonyl (C=O) groups excluding carboxylic acids is 1. The van der Waals surface area contributed by atoms with Crippen LogP contribution in [0.1, 0.15) is 45.4 Å². The molecule has 0 aromatic rings. The molecule has 0 aliphatic heterocycles. The fourth-order valence-electron chi connectivity index (χ4n) is 1.95. The van der Waals surface area contributed by atoms with E-state index in [4.69, 9.17) is 10.00 Å². The Kier molecular flexibility index (Phi) is 5.60. The van der Waals surface area contributed by atoms with E-state index in [1.165, 1.54) is 6.92 Å². The quantitative estimate of drug-likeness (QED) is 0.710. The highest BCUT2D eigenvalue weighted by Crippen LogP contribution is 2.21. The van der Waals surface area contributed by atoms with Crippen molar-refractivity contribution in [1.82, 2.24) is 0 Å². The Morgan fingerprint density at radius 3 is 2.56 bits per heavy atom. The highest BCUT2D eigenvalue weighted by atomic mass is 32.2. The van der Waals surface area contributed by atoms with Crippen molar-refractivity contribution >= 4 is 15.8 Å². The second-order valence-electron chi connectivity index (χ2n) is 4.61. The second-order valence-corrected chi connectivity index (χ2v) is 7.06. The molecule has 0 N–H and O–H groups in total. The highest BCUT2D eigenvalue weighted by Gasteiger charge is 2.31. The van der Waals surface area contributed by atoms with Gasteiger partial charge in [0, 0.05) is 6.42 Å². The Labute approximate surface area is 108 Å². The van der Waals surface area contributed by atoms with Crippen LogP contribution in [0.5, 0.6) is 0 Å². The van der Waals surface area contributed by atoms with Gasteiger partial charge in [0.15, 0.2) is 15.1 Å². The summed E-state index contributed by atoms with van der Waals surface area (Å²) in [5.41, 5.74) is 0. The minimum Gasteiger partial charge on any atom is -0.461 e. The van der Waals surface area contributed by atoms with Gasteiger partial charge < -0.3 is 4.74 Å². The Bertz CT molecular complexity index is 418. The third kappa shape index (κ3) is 4.30. The van der Waals surface area contributed by atoms with Gasteiger partial charge in [0.25, 0.3) is 0 Å². The molecule has 0 spiro atoms. The van der Waals surface area contributed by atoms with Crippen LogP contribution < -0.4 is 0 Å². The molecule has 0 aromatic carbocycles. The average molecular weight is 273 g/mol. The number of hydrogen-bond donors (Lipinski definition) is 0. The van der Waals surface area contributed by atoms with Crippen molar-refractivity contribution in [3.05, 3.63) is 0 Å². The predicted octanol–water partition coefficient (Wildman–Crippen LogP) is 1.58. The number of sulfone groups is 1. The fraction of sp³-hybridized carbons (Fsp3) is 0.833. The zero-order valence-corrected chi connectivity index (χ0v) is 11.4. The van der Waals surface area contributed by atoms with Crippen LogP contribution >= 0.6 is 0 Å². The molecule has 1 saturated carbocycles. The molecule has 102 valence electrons. The summed E-state index contributed by atoms with van der Waals surface area (Å²) < 4.78 is 28.7. The molecule has 0 aromatic heterocycles. The summed E-state index contributed by atoms with van der Waals surface area (Å²) in [6.07, 6.45) is 4.59. The van der Waals surface area contributed by atoms with Crippen molar-refractivity contribution in [1.29, 1.82) is 5.26 Å². The minimum absolute atomic E-state index is 0.0939. The maximum Gasteiger partial charge on any atom is 0.324 e. The molecule has 6 heteroatoms. The molecule has 0 radical (unpaired) electrons. The SMILES string of the molecule is CC(C(=O)OC1CCCCC1)S(=O)(=O)CCC#N. The maximum absolute atomic E-state index is 11.7. The molecule has 1 rings (SSSR count). The van der Waals surface area contributed by atoms with Crippen molar-refractivity contribution in [2.45, 2.75) is 56.8 Å². The van der Waals surface area contributed by atoms with Gasteiger partial charge in [0.2, 0.25) is 0 Å². The zero-order valence-electron chi connectivity index (χ0n) is 10.6. The lowest BCUT2D eigenvalue weighted by molar-refractivity contribution is -0.149. The summed E-state index contributed by atoms with van der Waals surface area (Å²) in [6, 6.07) is 1.77. The van der Waals surface area contributed by atoms with Crippen LogP contribution in [-0.2, 0) is 19.4 Å². The largest absolute Gasteiger partial charge is 0.461 e. The van der Waals surface area contributed by atoms with E-state index in [1.807, 2.05) is 0 Å². The zero-order chi connectivity index (χ0) is 13.6. The van der Waals surface area contributed by atoms with Crippen LogP contribution in [0.3, 0.4) is 0 Å². The molecule has 1 aliphatic rings. The summed E-state index contributed by atoms with van der Waals surface area (Å²) in [7, 11) is -3.57. The van der Waals surface area contributed by atoms with Gasteiger partial charge >= 0.3 is 5.97 Å². The van der Waals surface area contributed by atoms with Gasteiger partial charge in [-0.05, 0) is 32.6 Å². The van der Waals surface area contributed by atoms with Gasteiger partial charge in [-0.1, -0.05) is 6.42 Å². The minimum atomic E-state index is -3.57. The van der Waals surface area contributed by atoms with Crippen LogP contribution in [0.15, 0.2) is 0 Å². The highest BCUT2D eigenvalue weighted by molar-refractivity contribution is 7.92. The summed E-state index contributed by atoms with van der Waals surface area (Å²) in [4.78, 5) is 11.7. The van der Waals surface area contributed by atoms with E-state index in [1.54, 1.807) is 6.07 Å². The van der Waals surface area contributed by atoms with Crippen molar-refractivity contribution < 1.29 is 17.9 Å². The van der Waals surface area contributed by atoms with Gasteiger partial charge in [0.1, 0.15) is 6.10 Å². The lowest BCUT2D eigenvalue weighted by Gasteiger charge is -2.23. The predicted molar refractivity (Wildman–Crippen MR) is 66.4 cm³/mol. The van der Waals surface area contributed by atoms with Crippen molar-refractivity contribution in [2.75, 3.05) is 5.75 Å². The molecule has 1 atom stereocenters. The summed E-state index contributed by atoms with van der Waals surface area (Å²) in [5, 5.41) is 7.21. The molecule has 0 saturated heterocycles.